The second-order valence-corrected chi connectivity index (χ2v) is 4.56. The summed E-state index contributed by atoms with van der Waals surface area (Å²) in [5, 5.41) is 5.58. The number of hydrogen-bond acceptors (Lipinski definition) is 3. The number of rotatable bonds is 3. The van der Waals surface area contributed by atoms with Crippen LogP contribution < -0.4 is 10.6 Å². The standard InChI is InChI=1S/C12H8Cl2F3N3/c1-18-11-5(13)4-6(14)12(20-11)19-8-3-2-7(15)9(16)10(8)17/h2-4H,1H3,(H2,18,19,20). The third-order valence-corrected chi connectivity index (χ3v) is 3.03. The predicted molar refractivity (Wildman–Crippen MR) is 73.4 cm³/mol. The Morgan fingerprint density at radius 2 is 1.65 bits per heavy atom. The lowest BCUT2D eigenvalue weighted by atomic mass is 10.2. The predicted octanol–water partition coefficient (Wildman–Crippen LogP) is 4.59. The Morgan fingerprint density at radius 3 is 2.30 bits per heavy atom. The third kappa shape index (κ3) is 2.76. The van der Waals surface area contributed by atoms with Crippen molar-refractivity contribution in [3.8, 4) is 0 Å². The summed E-state index contributed by atoms with van der Waals surface area (Å²) < 4.78 is 39.5. The topological polar surface area (TPSA) is 37.0 Å². The van der Waals surface area contributed by atoms with Crippen LogP contribution in [-0.2, 0) is 0 Å². The Hall–Kier alpha value is -1.66. The van der Waals surface area contributed by atoms with Crippen LogP contribution >= 0.6 is 23.2 Å². The van der Waals surface area contributed by atoms with E-state index in [9.17, 15) is 13.2 Å². The lowest BCUT2D eigenvalue weighted by Gasteiger charge is -2.11. The van der Waals surface area contributed by atoms with E-state index in [0.29, 0.717) is 5.82 Å². The maximum Gasteiger partial charge on any atom is 0.196 e. The van der Waals surface area contributed by atoms with Crippen LogP contribution in [0.4, 0.5) is 30.5 Å². The van der Waals surface area contributed by atoms with E-state index in [-0.39, 0.29) is 21.6 Å². The summed E-state index contributed by atoms with van der Waals surface area (Å²) in [5.41, 5.74) is -0.289. The maximum atomic E-state index is 13.6. The van der Waals surface area contributed by atoms with Crippen molar-refractivity contribution in [1.82, 2.24) is 4.98 Å². The molecule has 0 spiro atoms. The first-order valence-electron chi connectivity index (χ1n) is 5.38. The Kier molecular flexibility index (Phi) is 4.25. The van der Waals surface area contributed by atoms with Crippen LogP contribution in [-0.4, -0.2) is 12.0 Å². The van der Waals surface area contributed by atoms with Gasteiger partial charge in [-0.25, -0.2) is 18.2 Å². The molecular formula is C12H8Cl2F3N3. The summed E-state index contributed by atoms with van der Waals surface area (Å²) >= 11 is 11.8. The highest BCUT2D eigenvalue weighted by molar-refractivity contribution is 6.37. The van der Waals surface area contributed by atoms with E-state index in [1.807, 2.05) is 0 Å². The number of benzene rings is 1. The summed E-state index contributed by atoms with van der Waals surface area (Å²) in [5.74, 6) is -3.84. The van der Waals surface area contributed by atoms with E-state index in [1.54, 1.807) is 7.05 Å². The monoisotopic (exact) mass is 321 g/mol. The molecule has 0 amide bonds. The Morgan fingerprint density at radius 1 is 1.00 bits per heavy atom. The lowest BCUT2D eigenvalue weighted by molar-refractivity contribution is 0.449. The Balaban J connectivity index is 2.42. The van der Waals surface area contributed by atoms with Gasteiger partial charge in [-0.3, -0.25) is 0 Å². The molecular weight excluding hydrogens is 314 g/mol. The van der Waals surface area contributed by atoms with Crippen molar-refractivity contribution in [3.63, 3.8) is 0 Å². The molecule has 1 aromatic carbocycles. The summed E-state index contributed by atoms with van der Waals surface area (Å²) in [7, 11) is 1.59. The molecule has 0 aliphatic heterocycles. The summed E-state index contributed by atoms with van der Waals surface area (Å²) in [6, 6.07) is 3.23. The van der Waals surface area contributed by atoms with Gasteiger partial charge in [-0.2, -0.15) is 0 Å². The number of pyridine rings is 1. The van der Waals surface area contributed by atoms with Crippen molar-refractivity contribution in [2.75, 3.05) is 17.7 Å². The molecule has 2 N–H and O–H groups in total. The SMILES string of the molecule is CNc1nc(Nc2ccc(F)c(F)c2F)c(Cl)cc1Cl. The highest BCUT2D eigenvalue weighted by atomic mass is 35.5. The minimum atomic E-state index is -1.58. The zero-order chi connectivity index (χ0) is 14.9. The largest absolute Gasteiger partial charge is 0.372 e. The van der Waals surface area contributed by atoms with Crippen LogP contribution in [0.15, 0.2) is 18.2 Å². The molecule has 0 aliphatic rings. The molecule has 1 heterocycles. The molecule has 1 aromatic heterocycles. The van der Waals surface area contributed by atoms with Gasteiger partial charge >= 0.3 is 0 Å². The fraction of sp³-hybridized carbons (Fsp3) is 0.0833. The number of nitrogens with zero attached hydrogens (tertiary/aromatic N) is 1. The zero-order valence-electron chi connectivity index (χ0n) is 10.1. The minimum absolute atomic E-state index is 0.0605. The van der Waals surface area contributed by atoms with Crippen molar-refractivity contribution in [1.29, 1.82) is 0 Å². The first-order chi connectivity index (χ1) is 9.43. The molecule has 8 heteroatoms. The van der Waals surface area contributed by atoms with Gasteiger partial charge in [0.2, 0.25) is 0 Å². The molecule has 3 nitrogen and oxygen atoms in total. The first kappa shape index (κ1) is 14.7. The minimum Gasteiger partial charge on any atom is -0.372 e. The van der Waals surface area contributed by atoms with Gasteiger partial charge in [0.1, 0.15) is 5.82 Å². The molecule has 0 saturated heterocycles. The quantitative estimate of drug-likeness (QED) is 0.812. The van der Waals surface area contributed by atoms with Crippen LogP contribution in [0.2, 0.25) is 10.0 Å². The summed E-state index contributed by atoms with van der Waals surface area (Å²) in [4.78, 5) is 4.01. The number of halogens is 5. The van der Waals surface area contributed by atoms with Crippen LogP contribution in [0.25, 0.3) is 0 Å². The molecule has 0 atom stereocenters. The maximum absolute atomic E-state index is 13.6. The van der Waals surface area contributed by atoms with Gasteiger partial charge in [0.25, 0.3) is 0 Å². The molecule has 0 saturated carbocycles. The highest BCUT2D eigenvalue weighted by Crippen LogP contribution is 2.32. The fourth-order valence-electron chi connectivity index (χ4n) is 1.48. The number of anilines is 3. The van der Waals surface area contributed by atoms with E-state index in [1.165, 1.54) is 6.07 Å². The molecule has 0 aliphatic carbocycles. The van der Waals surface area contributed by atoms with Crippen molar-refractivity contribution in [2.24, 2.45) is 0 Å². The molecule has 106 valence electrons. The van der Waals surface area contributed by atoms with E-state index < -0.39 is 17.5 Å². The van der Waals surface area contributed by atoms with Crippen LogP contribution in [0.1, 0.15) is 0 Å². The lowest BCUT2D eigenvalue weighted by Crippen LogP contribution is -2.03. The van der Waals surface area contributed by atoms with Gasteiger partial charge in [-0.1, -0.05) is 23.2 Å². The van der Waals surface area contributed by atoms with Crippen molar-refractivity contribution >= 4 is 40.5 Å². The second kappa shape index (κ2) is 5.76. The summed E-state index contributed by atoms with van der Waals surface area (Å²) in [6.07, 6.45) is 0. The number of aromatic nitrogens is 1. The van der Waals surface area contributed by atoms with E-state index in [0.717, 1.165) is 12.1 Å². The molecule has 0 fully saturated rings. The summed E-state index contributed by atoms with van der Waals surface area (Å²) in [6.45, 7) is 0. The van der Waals surface area contributed by atoms with Crippen molar-refractivity contribution in [2.45, 2.75) is 0 Å². The molecule has 2 aromatic rings. The Labute approximate surface area is 122 Å². The van der Waals surface area contributed by atoms with Gasteiger partial charge in [-0.15, -0.1) is 0 Å². The average molecular weight is 322 g/mol. The number of hydrogen-bond donors (Lipinski definition) is 2. The fourth-order valence-corrected chi connectivity index (χ4v) is 1.98. The molecule has 0 unspecified atom stereocenters. The first-order valence-corrected chi connectivity index (χ1v) is 6.14. The zero-order valence-corrected chi connectivity index (χ0v) is 11.6. The average Bonchev–Trinajstić information content (AvgIpc) is 2.42. The van der Waals surface area contributed by atoms with Gasteiger partial charge in [0.15, 0.2) is 23.3 Å². The normalized spacial score (nSPS) is 10.5. The van der Waals surface area contributed by atoms with Crippen LogP contribution in [0.3, 0.4) is 0 Å². The molecule has 0 bridgehead atoms. The smallest absolute Gasteiger partial charge is 0.196 e. The van der Waals surface area contributed by atoms with Gasteiger partial charge < -0.3 is 10.6 Å². The van der Waals surface area contributed by atoms with Crippen molar-refractivity contribution < 1.29 is 13.2 Å². The molecule has 2 rings (SSSR count). The van der Waals surface area contributed by atoms with Gasteiger partial charge in [-0.05, 0) is 18.2 Å². The van der Waals surface area contributed by atoms with E-state index >= 15 is 0 Å². The third-order valence-electron chi connectivity index (χ3n) is 2.45. The van der Waals surface area contributed by atoms with Crippen molar-refractivity contribution in [3.05, 3.63) is 45.7 Å². The molecule has 20 heavy (non-hydrogen) atoms. The highest BCUT2D eigenvalue weighted by Gasteiger charge is 2.15. The Bertz CT molecular complexity index is 665. The van der Waals surface area contributed by atoms with E-state index in [2.05, 4.69) is 15.6 Å². The second-order valence-electron chi connectivity index (χ2n) is 3.75. The van der Waals surface area contributed by atoms with Gasteiger partial charge in [0.05, 0.1) is 15.7 Å². The molecule has 0 radical (unpaired) electrons. The van der Waals surface area contributed by atoms with Crippen LogP contribution in [0.5, 0.6) is 0 Å². The van der Waals surface area contributed by atoms with E-state index in [4.69, 9.17) is 23.2 Å². The van der Waals surface area contributed by atoms with Crippen LogP contribution in [0, 0.1) is 17.5 Å². The number of nitrogens with one attached hydrogen (secondary N) is 2. The van der Waals surface area contributed by atoms with Gasteiger partial charge in [0, 0.05) is 7.05 Å².